The average Bonchev–Trinajstić information content (AvgIpc) is 2.35. The van der Waals surface area contributed by atoms with Crippen LogP contribution in [0.4, 0.5) is 0 Å². The molecule has 0 spiro atoms. The van der Waals surface area contributed by atoms with Crippen LogP contribution in [0, 0.1) is 0 Å². The molecule has 1 aromatic rings. The molecule has 0 N–H and O–H groups in total. The number of carbonyl (C=O) groups is 1. The Bertz CT molecular complexity index is 402. The number of hydrogen-bond acceptors (Lipinski definition) is 1. The van der Waals surface area contributed by atoms with E-state index in [9.17, 15) is 4.79 Å². The second-order valence-electron chi connectivity index (χ2n) is 4.09. The summed E-state index contributed by atoms with van der Waals surface area (Å²) >= 11 is 0. The number of carbonyl (C=O) groups excluding carboxylic acids is 1. The summed E-state index contributed by atoms with van der Waals surface area (Å²) in [5, 5.41) is 0. The van der Waals surface area contributed by atoms with E-state index in [1.165, 1.54) is 5.56 Å². The molecule has 17 heavy (non-hydrogen) atoms. The van der Waals surface area contributed by atoms with Crippen molar-refractivity contribution in [3.63, 3.8) is 0 Å². The van der Waals surface area contributed by atoms with E-state index in [1.807, 2.05) is 30.4 Å². The van der Waals surface area contributed by atoms with Crippen LogP contribution in [-0.2, 0) is 11.2 Å². The minimum Gasteiger partial charge on any atom is -0.295 e. The molecular formula is C16H20O. The van der Waals surface area contributed by atoms with Crippen LogP contribution in [0.5, 0.6) is 0 Å². The highest BCUT2D eigenvalue weighted by molar-refractivity contribution is 5.93. The van der Waals surface area contributed by atoms with Crippen LogP contribution in [0.25, 0.3) is 6.08 Å². The quantitative estimate of drug-likeness (QED) is 0.505. The Hall–Kier alpha value is -1.63. The standard InChI is InChI=1S/C16H20O/c1-3-5-11-16(17)13-12-15-10-7-6-9-14(15)8-4-2/h4,6-7,9-10,12-13H,2-3,5,8,11H2,1H3/b13-12+. The summed E-state index contributed by atoms with van der Waals surface area (Å²) in [5.41, 5.74) is 2.32. The average molecular weight is 228 g/mol. The second-order valence-corrected chi connectivity index (χ2v) is 4.09. The van der Waals surface area contributed by atoms with E-state index in [4.69, 9.17) is 0 Å². The summed E-state index contributed by atoms with van der Waals surface area (Å²) in [7, 11) is 0. The highest BCUT2D eigenvalue weighted by atomic mass is 16.1. The highest BCUT2D eigenvalue weighted by Gasteiger charge is 1.98. The van der Waals surface area contributed by atoms with E-state index < -0.39 is 0 Å². The Balaban J connectivity index is 2.69. The van der Waals surface area contributed by atoms with Gasteiger partial charge in [-0.2, -0.15) is 0 Å². The zero-order valence-corrected chi connectivity index (χ0v) is 10.5. The topological polar surface area (TPSA) is 17.1 Å². The Morgan fingerprint density at radius 2 is 2.12 bits per heavy atom. The fraction of sp³-hybridized carbons (Fsp3) is 0.312. The first-order valence-electron chi connectivity index (χ1n) is 6.17. The normalized spacial score (nSPS) is 10.6. The SMILES string of the molecule is C=CCc1ccccc1/C=C/C(=O)CCCC. The molecule has 1 nitrogen and oxygen atoms in total. The van der Waals surface area contributed by atoms with Gasteiger partial charge >= 0.3 is 0 Å². The van der Waals surface area contributed by atoms with Crippen molar-refractivity contribution in [1.29, 1.82) is 0 Å². The van der Waals surface area contributed by atoms with Crippen molar-refractivity contribution in [2.45, 2.75) is 32.6 Å². The summed E-state index contributed by atoms with van der Waals surface area (Å²) in [4.78, 5) is 11.5. The lowest BCUT2D eigenvalue weighted by atomic mass is 10.0. The van der Waals surface area contributed by atoms with Crippen LogP contribution in [-0.4, -0.2) is 5.78 Å². The molecule has 0 saturated carbocycles. The molecule has 90 valence electrons. The van der Waals surface area contributed by atoms with Crippen molar-refractivity contribution in [3.05, 3.63) is 54.1 Å². The van der Waals surface area contributed by atoms with Crippen LogP contribution in [0.3, 0.4) is 0 Å². The lowest BCUT2D eigenvalue weighted by Gasteiger charge is -2.02. The van der Waals surface area contributed by atoms with Crippen LogP contribution < -0.4 is 0 Å². The molecule has 1 rings (SSSR count). The molecule has 0 amide bonds. The van der Waals surface area contributed by atoms with Gasteiger partial charge in [0.2, 0.25) is 0 Å². The molecule has 0 heterocycles. The third kappa shape index (κ3) is 4.81. The van der Waals surface area contributed by atoms with E-state index in [2.05, 4.69) is 19.6 Å². The molecule has 0 aliphatic carbocycles. The van der Waals surface area contributed by atoms with Crippen LogP contribution in [0.2, 0.25) is 0 Å². The van der Waals surface area contributed by atoms with E-state index >= 15 is 0 Å². The van der Waals surface area contributed by atoms with Crippen molar-refractivity contribution in [2.24, 2.45) is 0 Å². The Labute approximate surface area is 104 Å². The highest BCUT2D eigenvalue weighted by Crippen LogP contribution is 2.12. The Kier molecular flexibility index (Phi) is 6.02. The number of allylic oxidation sites excluding steroid dienone is 2. The van der Waals surface area contributed by atoms with Crippen molar-refractivity contribution in [1.82, 2.24) is 0 Å². The third-order valence-corrected chi connectivity index (χ3v) is 2.64. The van der Waals surface area contributed by atoms with Gasteiger partial charge in [0.1, 0.15) is 0 Å². The molecule has 1 aromatic carbocycles. The largest absolute Gasteiger partial charge is 0.295 e. The minimum atomic E-state index is 0.209. The first-order valence-corrected chi connectivity index (χ1v) is 6.17. The van der Waals surface area contributed by atoms with Gasteiger partial charge in [0.05, 0.1) is 0 Å². The van der Waals surface area contributed by atoms with Crippen LogP contribution >= 0.6 is 0 Å². The molecular weight excluding hydrogens is 208 g/mol. The van der Waals surface area contributed by atoms with Crippen LogP contribution in [0.15, 0.2) is 43.0 Å². The Morgan fingerprint density at radius 3 is 2.82 bits per heavy atom. The molecule has 0 saturated heterocycles. The number of unbranched alkanes of at least 4 members (excludes halogenated alkanes) is 1. The molecule has 0 radical (unpaired) electrons. The fourth-order valence-electron chi connectivity index (χ4n) is 1.66. The fourth-order valence-corrected chi connectivity index (χ4v) is 1.66. The maximum absolute atomic E-state index is 11.5. The molecule has 0 fully saturated rings. The zero-order valence-electron chi connectivity index (χ0n) is 10.5. The van der Waals surface area contributed by atoms with Gasteiger partial charge in [-0.25, -0.2) is 0 Å². The molecule has 0 aromatic heterocycles. The maximum atomic E-state index is 11.5. The van der Waals surface area contributed by atoms with E-state index in [1.54, 1.807) is 6.08 Å². The van der Waals surface area contributed by atoms with Crippen LogP contribution in [0.1, 0.15) is 37.3 Å². The van der Waals surface area contributed by atoms with Gasteiger partial charge in [0.25, 0.3) is 0 Å². The van der Waals surface area contributed by atoms with E-state index in [0.29, 0.717) is 6.42 Å². The number of rotatable bonds is 7. The van der Waals surface area contributed by atoms with Crippen molar-refractivity contribution in [3.8, 4) is 0 Å². The molecule has 0 unspecified atom stereocenters. The van der Waals surface area contributed by atoms with Crippen molar-refractivity contribution < 1.29 is 4.79 Å². The number of hydrogen-bond donors (Lipinski definition) is 0. The van der Waals surface area contributed by atoms with Gasteiger partial charge in [-0.15, -0.1) is 6.58 Å². The van der Waals surface area contributed by atoms with E-state index in [-0.39, 0.29) is 5.78 Å². The lowest BCUT2D eigenvalue weighted by Crippen LogP contribution is -1.92. The van der Waals surface area contributed by atoms with Gasteiger partial charge in [-0.05, 0) is 30.0 Å². The molecule has 0 bridgehead atoms. The van der Waals surface area contributed by atoms with Crippen molar-refractivity contribution in [2.75, 3.05) is 0 Å². The van der Waals surface area contributed by atoms with Gasteiger partial charge in [-0.3, -0.25) is 4.79 Å². The lowest BCUT2D eigenvalue weighted by molar-refractivity contribution is -0.114. The summed E-state index contributed by atoms with van der Waals surface area (Å²) in [6, 6.07) is 8.10. The van der Waals surface area contributed by atoms with Gasteiger partial charge in [0, 0.05) is 6.42 Å². The predicted molar refractivity (Wildman–Crippen MR) is 73.9 cm³/mol. The smallest absolute Gasteiger partial charge is 0.155 e. The molecule has 0 aliphatic rings. The summed E-state index contributed by atoms with van der Waals surface area (Å²) < 4.78 is 0. The Morgan fingerprint density at radius 1 is 1.35 bits per heavy atom. The summed E-state index contributed by atoms with van der Waals surface area (Å²) in [6.45, 7) is 5.84. The molecule has 0 atom stereocenters. The third-order valence-electron chi connectivity index (χ3n) is 2.64. The van der Waals surface area contributed by atoms with Gasteiger partial charge < -0.3 is 0 Å². The van der Waals surface area contributed by atoms with Gasteiger partial charge in [0.15, 0.2) is 5.78 Å². The monoisotopic (exact) mass is 228 g/mol. The second kappa shape index (κ2) is 7.61. The van der Waals surface area contributed by atoms with Gasteiger partial charge in [-0.1, -0.05) is 49.8 Å². The first-order chi connectivity index (χ1) is 8.27. The molecule has 1 heteroatoms. The summed E-state index contributed by atoms with van der Waals surface area (Å²) in [5.74, 6) is 0.209. The predicted octanol–water partition coefficient (Wildman–Crippen LogP) is 4.19. The minimum absolute atomic E-state index is 0.209. The first kappa shape index (κ1) is 13.4. The molecule has 0 aliphatic heterocycles. The number of ketones is 1. The zero-order chi connectivity index (χ0) is 12.5. The van der Waals surface area contributed by atoms with Crippen molar-refractivity contribution >= 4 is 11.9 Å². The maximum Gasteiger partial charge on any atom is 0.155 e. The summed E-state index contributed by atoms with van der Waals surface area (Å²) in [6.07, 6.45) is 9.00. The van der Waals surface area contributed by atoms with E-state index in [0.717, 1.165) is 24.8 Å². The number of benzene rings is 1.